The van der Waals surface area contributed by atoms with Crippen molar-refractivity contribution in [1.82, 2.24) is 19.6 Å². The van der Waals surface area contributed by atoms with Crippen molar-refractivity contribution in [3.05, 3.63) is 36.3 Å². The third kappa shape index (κ3) is 2.79. The first-order valence-electron chi connectivity index (χ1n) is 8.31. The smallest absolute Gasteiger partial charge is 0.252 e. The third-order valence-corrected chi connectivity index (χ3v) is 3.92. The molecule has 4 rings (SSSR count). The van der Waals surface area contributed by atoms with Crippen LogP contribution in [0.25, 0.3) is 17.0 Å². The molecule has 0 aliphatic carbocycles. The zero-order chi connectivity index (χ0) is 16.5. The summed E-state index contributed by atoms with van der Waals surface area (Å²) in [7, 11) is 0. The standard InChI is InChI=1S/C18H20N4O2/c1-12(2)10-17-20-18-19-7-6-14(22(18)21-17)13-4-5-15-16(11-13)24-9-3-8-23-15/h4-7,11-12H,3,8-10H2,1-2H3. The molecule has 0 radical (unpaired) electrons. The van der Waals surface area contributed by atoms with Crippen LogP contribution in [0.1, 0.15) is 26.1 Å². The molecule has 24 heavy (non-hydrogen) atoms. The van der Waals surface area contributed by atoms with Crippen molar-refractivity contribution < 1.29 is 9.47 Å². The Bertz CT molecular complexity index is 873. The predicted molar refractivity (Wildman–Crippen MR) is 90.4 cm³/mol. The molecule has 0 fully saturated rings. The Labute approximate surface area is 140 Å². The molecule has 0 N–H and O–H groups in total. The molecule has 1 aliphatic heterocycles. The Morgan fingerprint density at radius 2 is 1.96 bits per heavy atom. The zero-order valence-corrected chi connectivity index (χ0v) is 13.9. The Morgan fingerprint density at radius 3 is 2.79 bits per heavy atom. The summed E-state index contributed by atoms with van der Waals surface area (Å²) in [6, 6.07) is 7.92. The van der Waals surface area contributed by atoms with Crippen molar-refractivity contribution >= 4 is 5.78 Å². The Kier molecular flexibility index (Phi) is 3.80. The third-order valence-electron chi connectivity index (χ3n) is 3.92. The van der Waals surface area contributed by atoms with E-state index in [0.717, 1.165) is 41.4 Å². The second-order valence-electron chi connectivity index (χ2n) is 6.38. The van der Waals surface area contributed by atoms with E-state index in [-0.39, 0.29) is 0 Å². The van der Waals surface area contributed by atoms with E-state index in [0.29, 0.717) is 24.9 Å². The summed E-state index contributed by atoms with van der Waals surface area (Å²) >= 11 is 0. The maximum Gasteiger partial charge on any atom is 0.252 e. The van der Waals surface area contributed by atoms with Crippen molar-refractivity contribution in [2.24, 2.45) is 5.92 Å². The number of aromatic nitrogens is 4. The zero-order valence-electron chi connectivity index (χ0n) is 13.9. The molecule has 0 unspecified atom stereocenters. The van der Waals surface area contributed by atoms with Crippen LogP contribution in [0.2, 0.25) is 0 Å². The summed E-state index contributed by atoms with van der Waals surface area (Å²) in [6.45, 7) is 5.67. The lowest BCUT2D eigenvalue weighted by Crippen LogP contribution is -1.99. The van der Waals surface area contributed by atoms with Gasteiger partial charge >= 0.3 is 0 Å². The first-order valence-corrected chi connectivity index (χ1v) is 8.31. The van der Waals surface area contributed by atoms with Crippen LogP contribution in [0.4, 0.5) is 0 Å². The van der Waals surface area contributed by atoms with Gasteiger partial charge in [0.25, 0.3) is 5.78 Å². The van der Waals surface area contributed by atoms with E-state index in [1.165, 1.54) is 0 Å². The summed E-state index contributed by atoms with van der Waals surface area (Å²) in [4.78, 5) is 8.86. The highest BCUT2D eigenvalue weighted by Gasteiger charge is 2.15. The van der Waals surface area contributed by atoms with Crippen molar-refractivity contribution in [3.63, 3.8) is 0 Å². The number of hydrogen-bond donors (Lipinski definition) is 0. The molecule has 124 valence electrons. The second-order valence-corrected chi connectivity index (χ2v) is 6.38. The minimum atomic E-state index is 0.504. The van der Waals surface area contributed by atoms with Crippen LogP contribution in [0.5, 0.6) is 11.5 Å². The van der Waals surface area contributed by atoms with E-state index in [4.69, 9.17) is 9.47 Å². The highest BCUT2D eigenvalue weighted by atomic mass is 16.5. The fraction of sp³-hybridized carbons (Fsp3) is 0.389. The number of rotatable bonds is 3. The van der Waals surface area contributed by atoms with Gasteiger partial charge in [0.15, 0.2) is 17.3 Å². The maximum atomic E-state index is 5.79. The molecule has 6 nitrogen and oxygen atoms in total. The normalized spacial score (nSPS) is 14.1. The molecule has 0 amide bonds. The molecular weight excluding hydrogens is 304 g/mol. The second kappa shape index (κ2) is 6.11. The minimum Gasteiger partial charge on any atom is -0.490 e. The van der Waals surface area contributed by atoms with Crippen LogP contribution in [0.3, 0.4) is 0 Å². The molecule has 6 heteroatoms. The monoisotopic (exact) mass is 324 g/mol. The molecule has 1 aliphatic rings. The van der Waals surface area contributed by atoms with Gasteiger partial charge in [0.05, 0.1) is 18.9 Å². The van der Waals surface area contributed by atoms with Crippen molar-refractivity contribution in [1.29, 1.82) is 0 Å². The van der Waals surface area contributed by atoms with Gasteiger partial charge in [-0.25, -0.2) is 4.98 Å². The largest absolute Gasteiger partial charge is 0.490 e. The summed E-state index contributed by atoms with van der Waals surface area (Å²) < 4.78 is 13.3. The fourth-order valence-electron chi connectivity index (χ4n) is 2.83. The van der Waals surface area contributed by atoms with Gasteiger partial charge in [0.1, 0.15) is 0 Å². The van der Waals surface area contributed by atoms with Crippen LogP contribution in [0.15, 0.2) is 30.5 Å². The maximum absolute atomic E-state index is 5.79. The predicted octanol–water partition coefficient (Wildman–Crippen LogP) is 3.15. The van der Waals surface area contributed by atoms with Gasteiger partial charge in [-0.2, -0.15) is 9.50 Å². The Morgan fingerprint density at radius 1 is 1.12 bits per heavy atom. The fourth-order valence-corrected chi connectivity index (χ4v) is 2.83. The van der Waals surface area contributed by atoms with Crippen molar-refractivity contribution in [2.75, 3.05) is 13.2 Å². The lowest BCUT2D eigenvalue weighted by Gasteiger charge is -2.10. The molecular formula is C18H20N4O2. The summed E-state index contributed by atoms with van der Waals surface area (Å²) in [5.74, 6) is 3.51. The van der Waals surface area contributed by atoms with Gasteiger partial charge < -0.3 is 9.47 Å². The minimum absolute atomic E-state index is 0.504. The highest BCUT2D eigenvalue weighted by molar-refractivity contribution is 5.65. The van der Waals surface area contributed by atoms with Gasteiger partial charge in [-0.05, 0) is 30.2 Å². The first-order chi connectivity index (χ1) is 11.7. The van der Waals surface area contributed by atoms with Gasteiger partial charge in [-0.1, -0.05) is 13.8 Å². The van der Waals surface area contributed by atoms with Crippen molar-refractivity contribution in [2.45, 2.75) is 26.7 Å². The molecule has 3 heterocycles. The van der Waals surface area contributed by atoms with E-state index < -0.39 is 0 Å². The van der Waals surface area contributed by atoms with Crippen LogP contribution in [-0.2, 0) is 6.42 Å². The molecule has 0 saturated heterocycles. The molecule has 0 spiro atoms. The quantitative estimate of drug-likeness (QED) is 0.740. The van der Waals surface area contributed by atoms with E-state index in [1.54, 1.807) is 10.7 Å². The van der Waals surface area contributed by atoms with Gasteiger partial charge in [-0.3, -0.25) is 0 Å². The molecule has 3 aromatic rings. The number of nitrogens with zero attached hydrogens (tertiary/aromatic N) is 4. The number of ether oxygens (including phenoxy) is 2. The lowest BCUT2D eigenvalue weighted by molar-refractivity contribution is 0.297. The average molecular weight is 324 g/mol. The first kappa shape index (κ1) is 14.9. The lowest BCUT2D eigenvalue weighted by atomic mass is 10.1. The number of hydrogen-bond acceptors (Lipinski definition) is 5. The molecule has 0 bridgehead atoms. The Hall–Kier alpha value is -2.63. The summed E-state index contributed by atoms with van der Waals surface area (Å²) in [6.07, 6.45) is 3.50. The van der Waals surface area contributed by atoms with E-state index in [1.807, 2.05) is 24.3 Å². The van der Waals surface area contributed by atoms with Crippen molar-refractivity contribution in [3.8, 4) is 22.8 Å². The van der Waals surface area contributed by atoms with Gasteiger partial charge in [0, 0.05) is 24.6 Å². The highest BCUT2D eigenvalue weighted by Crippen LogP contribution is 2.34. The molecule has 0 saturated carbocycles. The number of benzene rings is 1. The van der Waals surface area contributed by atoms with E-state index in [2.05, 4.69) is 28.9 Å². The van der Waals surface area contributed by atoms with Crippen LogP contribution >= 0.6 is 0 Å². The van der Waals surface area contributed by atoms with E-state index in [9.17, 15) is 0 Å². The van der Waals surface area contributed by atoms with Crippen LogP contribution in [0, 0.1) is 5.92 Å². The SMILES string of the molecule is CC(C)Cc1nc2nccc(-c3ccc4c(c3)OCCCO4)n2n1. The topological polar surface area (TPSA) is 61.5 Å². The molecule has 0 atom stereocenters. The molecule has 1 aromatic carbocycles. The summed E-state index contributed by atoms with van der Waals surface area (Å²) in [5, 5.41) is 4.63. The molecule has 2 aromatic heterocycles. The van der Waals surface area contributed by atoms with Crippen LogP contribution < -0.4 is 9.47 Å². The number of fused-ring (bicyclic) bond motifs is 2. The average Bonchev–Trinajstić information content (AvgIpc) is 2.82. The van der Waals surface area contributed by atoms with Crippen LogP contribution in [-0.4, -0.2) is 32.8 Å². The van der Waals surface area contributed by atoms with Gasteiger partial charge in [0.2, 0.25) is 0 Å². The Balaban J connectivity index is 1.78. The van der Waals surface area contributed by atoms with E-state index >= 15 is 0 Å². The summed E-state index contributed by atoms with van der Waals surface area (Å²) in [5.41, 5.74) is 1.95. The van der Waals surface area contributed by atoms with Gasteiger partial charge in [-0.15, -0.1) is 5.10 Å².